The molecule has 1 aromatic rings. The topological polar surface area (TPSA) is 66.4 Å². The third kappa shape index (κ3) is 4.21. The summed E-state index contributed by atoms with van der Waals surface area (Å²) in [6.45, 7) is 3.42. The zero-order valence-electron chi connectivity index (χ0n) is 12.6. The van der Waals surface area contributed by atoms with Gasteiger partial charge in [0.2, 0.25) is 10.0 Å². The smallest absolute Gasteiger partial charge is 0.394 e. The minimum absolute atomic E-state index is 0.274. The lowest BCUT2D eigenvalue weighted by Gasteiger charge is -2.35. The van der Waals surface area contributed by atoms with Crippen molar-refractivity contribution in [3.63, 3.8) is 0 Å². The van der Waals surface area contributed by atoms with E-state index in [0.29, 0.717) is 0 Å². The van der Waals surface area contributed by atoms with Gasteiger partial charge in [-0.2, -0.15) is 17.9 Å². The summed E-state index contributed by atoms with van der Waals surface area (Å²) in [5.74, 6) is -0.463. The van der Waals surface area contributed by atoms with Gasteiger partial charge in [0, 0.05) is 0 Å². The first kappa shape index (κ1) is 18.9. The monoisotopic (exact) mass is 339 g/mol. The van der Waals surface area contributed by atoms with Gasteiger partial charge in [-0.15, -0.1) is 0 Å². The SMILES string of the molecule is Cc1ccc(S(=O)(=O)NC(CO)(CC(C)C)C(F)(F)F)cc1. The Kier molecular flexibility index (Phi) is 5.64. The molecule has 0 aliphatic heterocycles. The van der Waals surface area contributed by atoms with E-state index >= 15 is 0 Å². The second-order valence-corrected chi connectivity index (χ2v) is 7.44. The van der Waals surface area contributed by atoms with E-state index in [-0.39, 0.29) is 4.90 Å². The maximum Gasteiger partial charge on any atom is 0.409 e. The molecule has 0 saturated heterocycles. The van der Waals surface area contributed by atoms with E-state index in [9.17, 15) is 26.7 Å². The Morgan fingerprint density at radius 2 is 1.68 bits per heavy atom. The Morgan fingerprint density at radius 1 is 1.18 bits per heavy atom. The van der Waals surface area contributed by atoms with Crippen molar-refractivity contribution in [2.45, 2.75) is 43.8 Å². The molecule has 0 amide bonds. The number of hydrogen-bond acceptors (Lipinski definition) is 3. The number of halogens is 3. The van der Waals surface area contributed by atoms with Crippen molar-refractivity contribution < 1.29 is 26.7 Å². The van der Waals surface area contributed by atoms with Crippen LogP contribution in [0.1, 0.15) is 25.8 Å². The van der Waals surface area contributed by atoms with Gasteiger partial charge in [0.15, 0.2) is 5.54 Å². The van der Waals surface area contributed by atoms with Crippen LogP contribution >= 0.6 is 0 Å². The van der Waals surface area contributed by atoms with Crippen molar-refractivity contribution >= 4 is 10.0 Å². The van der Waals surface area contributed by atoms with Crippen molar-refractivity contribution in [3.05, 3.63) is 29.8 Å². The molecule has 1 atom stereocenters. The van der Waals surface area contributed by atoms with E-state index in [4.69, 9.17) is 0 Å². The summed E-state index contributed by atoms with van der Waals surface area (Å²) in [7, 11) is -4.41. The summed E-state index contributed by atoms with van der Waals surface area (Å²) in [6, 6.07) is 5.44. The van der Waals surface area contributed by atoms with Gasteiger partial charge in [0.1, 0.15) is 0 Å². The Bertz CT molecular complexity index is 597. The van der Waals surface area contributed by atoms with Gasteiger partial charge >= 0.3 is 6.18 Å². The molecule has 0 aliphatic rings. The summed E-state index contributed by atoms with van der Waals surface area (Å²) >= 11 is 0. The minimum atomic E-state index is -4.91. The number of sulfonamides is 1. The van der Waals surface area contributed by atoms with Gasteiger partial charge in [-0.3, -0.25) is 0 Å². The van der Waals surface area contributed by atoms with Crippen molar-refractivity contribution in [1.82, 2.24) is 4.72 Å². The van der Waals surface area contributed by atoms with Crippen LogP contribution in [-0.2, 0) is 10.0 Å². The summed E-state index contributed by atoms with van der Waals surface area (Å²) in [5, 5.41) is 9.27. The maximum absolute atomic E-state index is 13.4. The Morgan fingerprint density at radius 3 is 2.05 bits per heavy atom. The molecule has 0 aliphatic carbocycles. The van der Waals surface area contributed by atoms with E-state index in [1.54, 1.807) is 11.6 Å². The molecule has 22 heavy (non-hydrogen) atoms. The molecule has 0 heterocycles. The van der Waals surface area contributed by atoms with E-state index < -0.39 is 40.7 Å². The number of rotatable bonds is 6. The average molecular weight is 339 g/mol. The van der Waals surface area contributed by atoms with Gasteiger partial charge < -0.3 is 5.11 Å². The molecule has 2 N–H and O–H groups in total. The fourth-order valence-electron chi connectivity index (χ4n) is 2.13. The number of aliphatic hydroxyl groups excluding tert-OH is 1. The zero-order valence-corrected chi connectivity index (χ0v) is 13.4. The van der Waals surface area contributed by atoms with Crippen LogP contribution in [0.15, 0.2) is 29.2 Å². The first-order valence-corrected chi connectivity index (χ1v) is 8.20. The van der Waals surface area contributed by atoms with E-state index in [0.717, 1.165) is 5.56 Å². The van der Waals surface area contributed by atoms with Crippen LogP contribution in [-0.4, -0.2) is 31.8 Å². The lowest BCUT2D eigenvalue weighted by molar-refractivity contribution is -0.205. The van der Waals surface area contributed by atoms with Crippen LogP contribution in [0.4, 0.5) is 13.2 Å². The first-order chi connectivity index (χ1) is 9.93. The van der Waals surface area contributed by atoms with E-state index in [2.05, 4.69) is 0 Å². The quantitative estimate of drug-likeness (QED) is 0.837. The largest absolute Gasteiger partial charge is 0.409 e. The molecule has 0 saturated carbocycles. The molecule has 4 nitrogen and oxygen atoms in total. The lowest BCUT2D eigenvalue weighted by Crippen LogP contribution is -2.61. The molecule has 0 spiro atoms. The van der Waals surface area contributed by atoms with Crippen LogP contribution in [0.5, 0.6) is 0 Å². The van der Waals surface area contributed by atoms with Gasteiger partial charge in [0.25, 0.3) is 0 Å². The second kappa shape index (κ2) is 6.55. The van der Waals surface area contributed by atoms with Crippen molar-refractivity contribution in [3.8, 4) is 0 Å². The number of nitrogens with one attached hydrogen (secondary N) is 1. The molecule has 0 fully saturated rings. The second-order valence-electron chi connectivity index (χ2n) is 5.75. The summed E-state index contributed by atoms with van der Waals surface area (Å²) < 4.78 is 66.2. The number of alkyl halides is 3. The van der Waals surface area contributed by atoms with Crippen LogP contribution in [0.3, 0.4) is 0 Å². The van der Waals surface area contributed by atoms with Crippen molar-refractivity contribution in [2.75, 3.05) is 6.61 Å². The van der Waals surface area contributed by atoms with Crippen LogP contribution in [0.2, 0.25) is 0 Å². The van der Waals surface area contributed by atoms with Gasteiger partial charge in [0.05, 0.1) is 11.5 Å². The molecule has 0 aromatic heterocycles. The number of hydrogen-bond donors (Lipinski definition) is 2. The van der Waals surface area contributed by atoms with E-state index in [1.165, 1.54) is 38.1 Å². The number of aryl methyl sites for hydroxylation is 1. The molecular weight excluding hydrogens is 319 g/mol. The Hall–Kier alpha value is -1.12. The number of aliphatic hydroxyl groups is 1. The third-order valence-corrected chi connectivity index (χ3v) is 4.78. The van der Waals surface area contributed by atoms with Gasteiger partial charge in [-0.1, -0.05) is 31.5 Å². The normalized spacial score (nSPS) is 15.8. The first-order valence-electron chi connectivity index (χ1n) is 6.72. The molecule has 126 valence electrons. The summed E-state index contributed by atoms with van der Waals surface area (Å²) in [5.41, 5.74) is -2.12. The highest BCUT2D eigenvalue weighted by Crippen LogP contribution is 2.36. The fourth-order valence-corrected chi connectivity index (χ4v) is 3.52. The fraction of sp³-hybridized carbons (Fsp3) is 0.571. The molecule has 0 radical (unpaired) electrons. The zero-order chi connectivity index (χ0) is 17.2. The maximum atomic E-state index is 13.4. The Labute approximate surface area is 128 Å². The highest BCUT2D eigenvalue weighted by molar-refractivity contribution is 7.89. The average Bonchev–Trinajstić information content (AvgIpc) is 2.36. The predicted octanol–water partition coefficient (Wildman–Crippen LogP) is 2.61. The highest BCUT2D eigenvalue weighted by Gasteiger charge is 2.56. The predicted molar refractivity (Wildman–Crippen MR) is 76.8 cm³/mol. The van der Waals surface area contributed by atoms with Crippen LogP contribution in [0, 0.1) is 12.8 Å². The van der Waals surface area contributed by atoms with Crippen molar-refractivity contribution in [1.29, 1.82) is 0 Å². The third-order valence-electron chi connectivity index (χ3n) is 3.23. The summed E-state index contributed by atoms with van der Waals surface area (Å²) in [6.07, 6.45) is -5.47. The standard InChI is InChI=1S/C14H20F3NO3S/c1-10(2)8-13(9-19,14(15,16)17)18-22(20,21)12-6-4-11(3)5-7-12/h4-7,10,18-19H,8-9H2,1-3H3. The molecular formula is C14H20F3NO3S. The van der Waals surface area contributed by atoms with Gasteiger partial charge in [-0.05, 0) is 31.4 Å². The summed E-state index contributed by atoms with van der Waals surface area (Å²) in [4.78, 5) is -0.274. The van der Waals surface area contributed by atoms with Crippen LogP contribution < -0.4 is 4.72 Å². The number of benzene rings is 1. The van der Waals surface area contributed by atoms with E-state index in [1.807, 2.05) is 0 Å². The molecule has 1 aromatic carbocycles. The lowest BCUT2D eigenvalue weighted by atomic mass is 9.90. The molecule has 0 bridgehead atoms. The Balaban J connectivity index is 3.25. The van der Waals surface area contributed by atoms with Crippen LogP contribution in [0.25, 0.3) is 0 Å². The molecule has 8 heteroatoms. The highest BCUT2D eigenvalue weighted by atomic mass is 32.2. The minimum Gasteiger partial charge on any atom is -0.394 e. The van der Waals surface area contributed by atoms with Crippen molar-refractivity contribution in [2.24, 2.45) is 5.92 Å². The van der Waals surface area contributed by atoms with Gasteiger partial charge in [-0.25, -0.2) is 8.42 Å². The molecule has 1 rings (SSSR count). The molecule has 1 unspecified atom stereocenters.